The van der Waals surface area contributed by atoms with Crippen LogP contribution in [0.3, 0.4) is 0 Å². The van der Waals surface area contributed by atoms with Gasteiger partial charge in [-0.05, 0) is 36.4 Å². The molecule has 0 fully saturated rings. The summed E-state index contributed by atoms with van der Waals surface area (Å²) in [5.74, 6) is 0.783. The fourth-order valence-corrected chi connectivity index (χ4v) is 2.09. The van der Waals surface area contributed by atoms with Gasteiger partial charge in [0.15, 0.2) is 5.78 Å². The largest absolute Gasteiger partial charge is 0.497 e. The molecule has 1 aliphatic rings. The van der Waals surface area contributed by atoms with Crippen LogP contribution in [0.2, 0.25) is 0 Å². The molecule has 0 radical (unpaired) electrons. The first-order valence-corrected chi connectivity index (χ1v) is 5.99. The van der Waals surface area contributed by atoms with Crippen molar-refractivity contribution in [1.82, 2.24) is 0 Å². The third-order valence-electron chi connectivity index (χ3n) is 3.05. The number of benzene rings is 2. The molecule has 1 aliphatic heterocycles. The molecule has 0 spiro atoms. The molecule has 0 saturated heterocycles. The number of carbonyl (C=O) groups excluding carboxylic acids is 1. The van der Waals surface area contributed by atoms with Crippen molar-refractivity contribution in [3.8, 4) is 5.75 Å². The van der Waals surface area contributed by atoms with E-state index in [2.05, 4.69) is 0 Å². The quantitative estimate of drug-likeness (QED) is 0.827. The van der Waals surface area contributed by atoms with Crippen molar-refractivity contribution in [3.63, 3.8) is 0 Å². The van der Waals surface area contributed by atoms with Gasteiger partial charge < -0.3 is 4.74 Å². The van der Waals surface area contributed by atoms with Crippen molar-refractivity contribution in [1.29, 1.82) is 0 Å². The molecule has 0 N–H and O–H groups in total. The van der Waals surface area contributed by atoms with Gasteiger partial charge in [-0.2, -0.15) is 0 Å². The molecule has 4 nitrogen and oxygen atoms in total. The normalized spacial score (nSPS) is 14.2. The summed E-state index contributed by atoms with van der Waals surface area (Å²) in [5, 5.41) is 1.68. The van der Waals surface area contributed by atoms with Gasteiger partial charge in [0.25, 0.3) is 0 Å². The predicted molar refractivity (Wildman–Crippen MR) is 71.9 cm³/mol. The van der Waals surface area contributed by atoms with E-state index < -0.39 is 0 Å². The highest BCUT2D eigenvalue weighted by atomic mass is 16.7. The molecule has 0 atom stereocenters. The maximum atomic E-state index is 11.8. The molecular formula is C15H13NO3. The van der Waals surface area contributed by atoms with Crippen molar-refractivity contribution in [2.24, 2.45) is 0 Å². The Balaban J connectivity index is 2.01. The maximum absolute atomic E-state index is 11.8. The number of ether oxygens (including phenoxy) is 1. The van der Waals surface area contributed by atoms with Crippen molar-refractivity contribution in [2.45, 2.75) is 0 Å². The van der Waals surface area contributed by atoms with Gasteiger partial charge in [0.1, 0.15) is 12.4 Å². The second kappa shape index (κ2) is 4.74. The van der Waals surface area contributed by atoms with Gasteiger partial charge >= 0.3 is 0 Å². The standard InChI is InChI=1S/C15H13NO3/c1-18-12-8-6-11(7-9-12)16-14-5-3-2-4-13(14)15(17)10-19-16/h2-9H,10H2,1H3. The van der Waals surface area contributed by atoms with E-state index in [1.807, 2.05) is 48.5 Å². The molecule has 0 amide bonds. The number of anilines is 2. The summed E-state index contributed by atoms with van der Waals surface area (Å²) in [5.41, 5.74) is 2.31. The van der Waals surface area contributed by atoms with Crippen LogP contribution in [0.4, 0.5) is 11.4 Å². The second-order valence-corrected chi connectivity index (χ2v) is 4.21. The van der Waals surface area contributed by atoms with E-state index in [0.29, 0.717) is 5.56 Å². The van der Waals surface area contributed by atoms with Crippen LogP contribution in [0, 0.1) is 0 Å². The number of para-hydroxylation sites is 1. The summed E-state index contributed by atoms with van der Waals surface area (Å²) in [4.78, 5) is 17.3. The van der Waals surface area contributed by atoms with Gasteiger partial charge in [-0.1, -0.05) is 12.1 Å². The summed E-state index contributed by atoms with van der Waals surface area (Å²) in [6.07, 6.45) is 0. The molecule has 2 aromatic carbocycles. The average molecular weight is 255 g/mol. The number of nitrogens with zero attached hydrogens (tertiary/aromatic N) is 1. The van der Waals surface area contributed by atoms with E-state index in [1.54, 1.807) is 12.2 Å². The highest BCUT2D eigenvalue weighted by Gasteiger charge is 2.24. The number of hydrogen-bond acceptors (Lipinski definition) is 4. The topological polar surface area (TPSA) is 38.8 Å². The van der Waals surface area contributed by atoms with E-state index in [1.165, 1.54) is 0 Å². The van der Waals surface area contributed by atoms with Crippen molar-refractivity contribution >= 4 is 17.2 Å². The fraction of sp³-hybridized carbons (Fsp3) is 0.133. The maximum Gasteiger partial charge on any atom is 0.193 e. The summed E-state index contributed by atoms with van der Waals surface area (Å²) in [6.45, 7) is 0.0586. The van der Waals surface area contributed by atoms with Crippen LogP contribution in [0.5, 0.6) is 5.75 Å². The van der Waals surface area contributed by atoms with Gasteiger partial charge in [0, 0.05) is 5.56 Å². The number of methoxy groups -OCH3 is 1. The van der Waals surface area contributed by atoms with Gasteiger partial charge in [0.05, 0.1) is 18.5 Å². The molecule has 0 unspecified atom stereocenters. The van der Waals surface area contributed by atoms with Gasteiger partial charge in [-0.25, -0.2) is 5.06 Å². The molecule has 0 aliphatic carbocycles. The van der Waals surface area contributed by atoms with Crippen molar-refractivity contribution < 1.29 is 14.4 Å². The average Bonchev–Trinajstić information content (AvgIpc) is 2.48. The molecule has 2 aromatic rings. The summed E-state index contributed by atoms with van der Waals surface area (Å²) in [6, 6.07) is 14.9. The Labute approximate surface area is 111 Å². The van der Waals surface area contributed by atoms with Gasteiger partial charge in [-0.15, -0.1) is 0 Å². The third kappa shape index (κ3) is 2.06. The Bertz CT molecular complexity index is 607. The lowest BCUT2D eigenvalue weighted by atomic mass is 10.1. The number of carbonyl (C=O) groups is 1. The van der Waals surface area contributed by atoms with Crippen LogP contribution in [-0.2, 0) is 4.84 Å². The van der Waals surface area contributed by atoms with Gasteiger partial charge in [0.2, 0.25) is 0 Å². The Hall–Kier alpha value is -2.33. The lowest BCUT2D eigenvalue weighted by Gasteiger charge is -2.29. The lowest BCUT2D eigenvalue weighted by Crippen LogP contribution is -2.29. The smallest absolute Gasteiger partial charge is 0.193 e. The molecule has 0 bridgehead atoms. The first kappa shape index (κ1) is 11.7. The van der Waals surface area contributed by atoms with Gasteiger partial charge in [-0.3, -0.25) is 9.63 Å². The predicted octanol–water partition coefficient (Wildman–Crippen LogP) is 2.96. The zero-order chi connectivity index (χ0) is 13.2. The number of hydrogen-bond donors (Lipinski definition) is 0. The zero-order valence-electron chi connectivity index (χ0n) is 10.5. The highest BCUT2D eigenvalue weighted by Crippen LogP contribution is 2.33. The lowest BCUT2D eigenvalue weighted by molar-refractivity contribution is 0.0717. The fourth-order valence-electron chi connectivity index (χ4n) is 2.09. The van der Waals surface area contributed by atoms with E-state index in [4.69, 9.17) is 9.57 Å². The van der Waals surface area contributed by atoms with Crippen molar-refractivity contribution in [2.75, 3.05) is 18.8 Å². The second-order valence-electron chi connectivity index (χ2n) is 4.21. The van der Waals surface area contributed by atoms with Crippen LogP contribution in [0.25, 0.3) is 0 Å². The first-order valence-electron chi connectivity index (χ1n) is 5.99. The minimum absolute atomic E-state index is 0.000335. The molecule has 0 saturated carbocycles. The third-order valence-corrected chi connectivity index (χ3v) is 3.05. The summed E-state index contributed by atoms with van der Waals surface area (Å²) >= 11 is 0. The number of fused-ring (bicyclic) bond motifs is 1. The monoisotopic (exact) mass is 255 g/mol. The Morgan fingerprint density at radius 2 is 1.84 bits per heavy atom. The number of Topliss-reactive ketones (excluding diaryl/α,β-unsaturated/α-hetero) is 1. The molecule has 19 heavy (non-hydrogen) atoms. The Morgan fingerprint density at radius 3 is 2.58 bits per heavy atom. The molecule has 3 rings (SSSR count). The van der Waals surface area contributed by atoms with Crippen LogP contribution < -0.4 is 9.80 Å². The molecule has 1 heterocycles. The Morgan fingerprint density at radius 1 is 1.11 bits per heavy atom. The zero-order valence-corrected chi connectivity index (χ0v) is 10.5. The SMILES string of the molecule is COc1ccc(N2OCC(=O)c3ccccc32)cc1. The molecule has 96 valence electrons. The number of ketones is 1. The van der Waals surface area contributed by atoms with Crippen LogP contribution in [0.15, 0.2) is 48.5 Å². The Kier molecular flexibility index (Phi) is 2.93. The van der Waals surface area contributed by atoms with E-state index in [-0.39, 0.29) is 12.4 Å². The highest BCUT2D eigenvalue weighted by molar-refractivity contribution is 6.04. The van der Waals surface area contributed by atoms with E-state index >= 15 is 0 Å². The van der Waals surface area contributed by atoms with E-state index in [9.17, 15) is 4.79 Å². The molecular weight excluding hydrogens is 242 g/mol. The minimum Gasteiger partial charge on any atom is -0.497 e. The number of rotatable bonds is 2. The summed E-state index contributed by atoms with van der Waals surface area (Å²) in [7, 11) is 1.63. The first-order chi connectivity index (χ1) is 9.29. The molecule has 0 aromatic heterocycles. The van der Waals surface area contributed by atoms with Crippen LogP contribution in [0.1, 0.15) is 10.4 Å². The van der Waals surface area contributed by atoms with E-state index in [0.717, 1.165) is 17.1 Å². The minimum atomic E-state index is 0.000335. The van der Waals surface area contributed by atoms with Crippen LogP contribution in [-0.4, -0.2) is 19.5 Å². The summed E-state index contributed by atoms with van der Waals surface area (Å²) < 4.78 is 5.13. The van der Waals surface area contributed by atoms with Crippen molar-refractivity contribution in [3.05, 3.63) is 54.1 Å². The van der Waals surface area contributed by atoms with Crippen LogP contribution >= 0.6 is 0 Å². The molecule has 4 heteroatoms.